The van der Waals surface area contributed by atoms with Crippen molar-refractivity contribution in [2.45, 2.75) is 11.3 Å². The molecule has 1 aliphatic heterocycles. The van der Waals surface area contributed by atoms with Crippen molar-refractivity contribution >= 4 is 17.7 Å². The lowest BCUT2D eigenvalue weighted by atomic mass is 10.3. The van der Waals surface area contributed by atoms with E-state index >= 15 is 0 Å². The highest BCUT2D eigenvalue weighted by atomic mass is 32.2. The van der Waals surface area contributed by atoms with Crippen LogP contribution < -0.4 is 5.32 Å². The summed E-state index contributed by atoms with van der Waals surface area (Å²) in [7, 11) is 3.17. The molecule has 0 aromatic rings. The average Bonchev–Trinajstić information content (AvgIpc) is 2.08. The Morgan fingerprint density at radius 2 is 2.46 bits per heavy atom. The van der Waals surface area contributed by atoms with Gasteiger partial charge < -0.3 is 14.8 Å². The van der Waals surface area contributed by atoms with Gasteiger partial charge in [0, 0.05) is 5.75 Å². The van der Waals surface area contributed by atoms with Crippen LogP contribution in [0.15, 0.2) is 0 Å². The first-order valence-electron chi connectivity index (χ1n) is 4.22. The number of nitrogens with one attached hydrogen (secondary N) is 1. The summed E-state index contributed by atoms with van der Waals surface area (Å²) in [6.07, 6.45) is 0. The van der Waals surface area contributed by atoms with Gasteiger partial charge in [0.15, 0.2) is 0 Å². The van der Waals surface area contributed by atoms with Crippen LogP contribution in [0.4, 0.5) is 0 Å². The summed E-state index contributed by atoms with van der Waals surface area (Å²) in [5.41, 5.74) is 0. The van der Waals surface area contributed by atoms with Crippen LogP contribution in [-0.2, 0) is 14.3 Å². The van der Waals surface area contributed by atoms with E-state index in [1.165, 1.54) is 7.11 Å². The summed E-state index contributed by atoms with van der Waals surface area (Å²) < 4.78 is 9.67. The SMILES string of the molecule is CNC(CSC1COC1)C(=O)OC. The van der Waals surface area contributed by atoms with E-state index in [1.54, 1.807) is 18.8 Å². The van der Waals surface area contributed by atoms with E-state index in [-0.39, 0.29) is 12.0 Å². The second kappa shape index (κ2) is 5.47. The zero-order valence-corrected chi connectivity index (χ0v) is 8.73. The quantitative estimate of drug-likeness (QED) is 0.634. The monoisotopic (exact) mass is 205 g/mol. The molecule has 1 heterocycles. The molecule has 1 unspecified atom stereocenters. The first-order valence-corrected chi connectivity index (χ1v) is 5.27. The van der Waals surface area contributed by atoms with Gasteiger partial charge in [0.05, 0.1) is 25.6 Å². The molecule has 0 saturated carbocycles. The molecule has 1 atom stereocenters. The lowest BCUT2D eigenvalue weighted by Gasteiger charge is -2.26. The highest BCUT2D eigenvalue weighted by Crippen LogP contribution is 2.19. The van der Waals surface area contributed by atoms with Crippen LogP contribution in [0.5, 0.6) is 0 Å². The highest BCUT2D eigenvalue weighted by molar-refractivity contribution is 8.00. The van der Waals surface area contributed by atoms with Crippen molar-refractivity contribution in [2.24, 2.45) is 0 Å². The summed E-state index contributed by atoms with van der Waals surface area (Å²) in [6.45, 7) is 1.62. The lowest BCUT2D eigenvalue weighted by Crippen LogP contribution is -2.39. The summed E-state index contributed by atoms with van der Waals surface area (Å²) >= 11 is 1.75. The van der Waals surface area contributed by atoms with Crippen LogP contribution in [0.1, 0.15) is 0 Å². The molecular formula is C8H15NO3S. The topological polar surface area (TPSA) is 47.6 Å². The number of methoxy groups -OCH3 is 1. The second-order valence-electron chi connectivity index (χ2n) is 2.86. The first kappa shape index (κ1) is 10.8. The number of carbonyl (C=O) groups excluding carboxylic acids is 1. The third-order valence-electron chi connectivity index (χ3n) is 1.94. The maximum atomic E-state index is 11.1. The maximum absolute atomic E-state index is 11.1. The molecule has 1 saturated heterocycles. The fraction of sp³-hybridized carbons (Fsp3) is 0.875. The number of likely N-dealkylation sites (N-methyl/N-ethyl adjacent to an activating group) is 1. The summed E-state index contributed by atoms with van der Waals surface area (Å²) in [5.74, 6) is 0.548. The Bertz CT molecular complexity index is 173. The van der Waals surface area contributed by atoms with Gasteiger partial charge in [-0.3, -0.25) is 4.79 Å². The molecule has 0 aromatic carbocycles. The van der Waals surface area contributed by atoms with E-state index in [0.29, 0.717) is 5.25 Å². The third-order valence-corrected chi connectivity index (χ3v) is 3.21. The molecule has 0 aliphatic carbocycles. The van der Waals surface area contributed by atoms with Crippen LogP contribution in [0.25, 0.3) is 0 Å². The molecule has 1 aliphatic rings. The van der Waals surface area contributed by atoms with Crippen molar-refractivity contribution in [3.05, 3.63) is 0 Å². The van der Waals surface area contributed by atoms with Crippen molar-refractivity contribution in [1.82, 2.24) is 5.32 Å². The molecule has 1 fully saturated rings. The molecule has 4 nitrogen and oxygen atoms in total. The van der Waals surface area contributed by atoms with E-state index in [1.807, 2.05) is 0 Å². The molecule has 0 radical (unpaired) electrons. The Labute approximate surface area is 82.3 Å². The number of hydrogen-bond donors (Lipinski definition) is 1. The van der Waals surface area contributed by atoms with Crippen LogP contribution in [0.3, 0.4) is 0 Å². The van der Waals surface area contributed by atoms with Gasteiger partial charge in [0.1, 0.15) is 6.04 Å². The first-order chi connectivity index (χ1) is 6.27. The van der Waals surface area contributed by atoms with Gasteiger partial charge in [-0.1, -0.05) is 0 Å². The number of thioether (sulfide) groups is 1. The molecule has 1 N–H and O–H groups in total. The van der Waals surface area contributed by atoms with Crippen LogP contribution in [0, 0.1) is 0 Å². The smallest absolute Gasteiger partial charge is 0.323 e. The molecule has 13 heavy (non-hydrogen) atoms. The van der Waals surface area contributed by atoms with Crippen molar-refractivity contribution in [2.75, 3.05) is 33.1 Å². The average molecular weight is 205 g/mol. The van der Waals surface area contributed by atoms with E-state index in [2.05, 4.69) is 10.1 Å². The van der Waals surface area contributed by atoms with Crippen LogP contribution >= 0.6 is 11.8 Å². The van der Waals surface area contributed by atoms with Gasteiger partial charge in [-0.25, -0.2) is 0 Å². The number of hydrogen-bond acceptors (Lipinski definition) is 5. The number of carbonyl (C=O) groups is 1. The standard InChI is InChI=1S/C8H15NO3S/c1-9-7(8(10)11-2)5-13-6-3-12-4-6/h6-7,9H,3-5H2,1-2H3. The van der Waals surface area contributed by atoms with Crippen LogP contribution in [-0.4, -0.2) is 50.4 Å². The number of rotatable bonds is 5. The minimum absolute atomic E-state index is 0.199. The fourth-order valence-electron chi connectivity index (χ4n) is 0.954. The Morgan fingerprint density at radius 1 is 1.77 bits per heavy atom. The maximum Gasteiger partial charge on any atom is 0.323 e. The Hall–Kier alpha value is -0.260. The molecular weight excluding hydrogens is 190 g/mol. The molecule has 5 heteroatoms. The minimum atomic E-state index is -0.199. The van der Waals surface area contributed by atoms with E-state index in [4.69, 9.17) is 4.74 Å². The molecule has 0 aromatic heterocycles. The van der Waals surface area contributed by atoms with E-state index < -0.39 is 0 Å². The molecule has 0 amide bonds. The molecule has 0 bridgehead atoms. The largest absolute Gasteiger partial charge is 0.468 e. The van der Waals surface area contributed by atoms with Crippen molar-refractivity contribution in [1.29, 1.82) is 0 Å². The minimum Gasteiger partial charge on any atom is -0.468 e. The summed E-state index contributed by atoms with van der Waals surface area (Å²) in [4.78, 5) is 11.1. The zero-order chi connectivity index (χ0) is 9.68. The van der Waals surface area contributed by atoms with Gasteiger partial charge in [0.25, 0.3) is 0 Å². The zero-order valence-electron chi connectivity index (χ0n) is 7.91. The predicted octanol–water partition coefficient (Wildman–Crippen LogP) is -0.121. The van der Waals surface area contributed by atoms with Gasteiger partial charge >= 0.3 is 5.97 Å². The molecule has 0 spiro atoms. The normalized spacial score (nSPS) is 19.2. The molecule has 1 rings (SSSR count). The highest BCUT2D eigenvalue weighted by Gasteiger charge is 2.23. The van der Waals surface area contributed by atoms with E-state index in [9.17, 15) is 4.79 Å². The summed E-state index contributed by atoms with van der Waals surface area (Å²) in [5, 5.41) is 3.48. The van der Waals surface area contributed by atoms with Crippen molar-refractivity contribution < 1.29 is 14.3 Å². The van der Waals surface area contributed by atoms with Crippen LogP contribution in [0.2, 0.25) is 0 Å². The Kier molecular flexibility index (Phi) is 4.55. The van der Waals surface area contributed by atoms with Gasteiger partial charge in [0.2, 0.25) is 0 Å². The predicted molar refractivity (Wildman–Crippen MR) is 51.9 cm³/mol. The van der Waals surface area contributed by atoms with Gasteiger partial charge in [-0.15, -0.1) is 0 Å². The Balaban J connectivity index is 2.18. The number of ether oxygens (including phenoxy) is 2. The fourth-order valence-corrected chi connectivity index (χ4v) is 2.11. The number of esters is 1. The van der Waals surface area contributed by atoms with Gasteiger partial charge in [-0.2, -0.15) is 11.8 Å². The van der Waals surface area contributed by atoms with Crippen molar-refractivity contribution in [3.8, 4) is 0 Å². The van der Waals surface area contributed by atoms with Gasteiger partial charge in [-0.05, 0) is 7.05 Å². The Morgan fingerprint density at radius 3 is 2.85 bits per heavy atom. The second-order valence-corrected chi connectivity index (χ2v) is 4.19. The lowest BCUT2D eigenvalue weighted by molar-refractivity contribution is -0.142. The van der Waals surface area contributed by atoms with Crippen molar-refractivity contribution in [3.63, 3.8) is 0 Å². The molecule has 76 valence electrons. The van der Waals surface area contributed by atoms with E-state index in [0.717, 1.165) is 19.0 Å². The summed E-state index contributed by atoms with van der Waals surface area (Å²) in [6, 6.07) is -0.199. The third kappa shape index (κ3) is 3.17.